The van der Waals surface area contributed by atoms with Crippen molar-refractivity contribution in [2.75, 3.05) is 24.6 Å². The van der Waals surface area contributed by atoms with Crippen LogP contribution in [0.3, 0.4) is 0 Å². The topological polar surface area (TPSA) is 45.7 Å². The second-order valence-electron chi connectivity index (χ2n) is 5.68. The van der Waals surface area contributed by atoms with E-state index in [0.29, 0.717) is 31.1 Å². The number of hydrogen-bond acceptors (Lipinski definition) is 4. The number of ether oxygens (including phenoxy) is 1. The predicted molar refractivity (Wildman–Crippen MR) is 76.7 cm³/mol. The molecule has 2 saturated heterocycles. The fourth-order valence-corrected chi connectivity index (χ4v) is 3.10. The van der Waals surface area contributed by atoms with E-state index in [0.717, 1.165) is 18.7 Å². The molecule has 1 aromatic heterocycles. The summed E-state index contributed by atoms with van der Waals surface area (Å²) in [6, 6.07) is 6.82. The van der Waals surface area contributed by atoms with Crippen LogP contribution in [0.4, 0.5) is 10.6 Å². The van der Waals surface area contributed by atoms with Crippen LogP contribution >= 0.6 is 0 Å². The Hall–Kier alpha value is -1.62. The van der Waals surface area contributed by atoms with Crippen molar-refractivity contribution in [1.82, 2.24) is 9.88 Å². The minimum absolute atomic E-state index is 0.290. The van der Waals surface area contributed by atoms with Crippen molar-refractivity contribution in [3.8, 4) is 0 Å². The van der Waals surface area contributed by atoms with Gasteiger partial charge >= 0.3 is 6.09 Å². The third-order valence-corrected chi connectivity index (χ3v) is 4.09. The summed E-state index contributed by atoms with van der Waals surface area (Å²) in [6.07, 6.45) is 2.06. The van der Waals surface area contributed by atoms with Gasteiger partial charge in [-0.25, -0.2) is 9.78 Å². The predicted octanol–water partition coefficient (Wildman–Crippen LogP) is 2.58. The quantitative estimate of drug-likeness (QED) is 0.850. The molecule has 108 valence electrons. The number of nitrogens with zero attached hydrogens (tertiary/aromatic N) is 3. The van der Waals surface area contributed by atoms with E-state index in [4.69, 9.17) is 9.72 Å². The second kappa shape index (κ2) is 5.40. The zero-order valence-corrected chi connectivity index (χ0v) is 12.1. The number of cyclic esters (lactones) is 1. The highest BCUT2D eigenvalue weighted by Crippen LogP contribution is 2.33. The number of carbonyl (C=O) groups is 1. The minimum Gasteiger partial charge on any atom is -0.447 e. The molecule has 2 aliphatic heterocycles. The molecule has 1 aromatic rings. The van der Waals surface area contributed by atoms with E-state index in [2.05, 4.69) is 24.8 Å². The zero-order valence-electron chi connectivity index (χ0n) is 12.1. The summed E-state index contributed by atoms with van der Waals surface area (Å²) in [5.74, 6) is 0.709. The van der Waals surface area contributed by atoms with Gasteiger partial charge in [-0.05, 0) is 45.4 Å². The van der Waals surface area contributed by atoms with Crippen molar-refractivity contribution in [2.45, 2.75) is 38.8 Å². The van der Waals surface area contributed by atoms with Crippen LogP contribution in [-0.2, 0) is 4.74 Å². The lowest BCUT2D eigenvalue weighted by Crippen LogP contribution is -2.31. The maximum Gasteiger partial charge on any atom is 0.415 e. The van der Waals surface area contributed by atoms with E-state index in [1.807, 2.05) is 12.1 Å². The lowest BCUT2D eigenvalue weighted by atomic mass is 10.1. The van der Waals surface area contributed by atoms with Crippen molar-refractivity contribution in [1.29, 1.82) is 0 Å². The summed E-state index contributed by atoms with van der Waals surface area (Å²) in [7, 11) is 0. The van der Waals surface area contributed by atoms with Gasteiger partial charge in [-0.2, -0.15) is 0 Å². The van der Waals surface area contributed by atoms with Crippen LogP contribution in [0.1, 0.15) is 38.4 Å². The summed E-state index contributed by atoms with van der Waals surface area (Å²) in [5, 5.41) is 0. The lowest BCUT2D eigenvalue weighted by molar-refractivity contribution is 0.181. The smallest absolute Gasteiger partial charge is 0.415 e. The molecular formula is C15H21N3O2. The molecule has 0 spiro atoms. The molecule has 1 amide bonds. The molecule has 5 nitrogen and oxygen atoms in total. The number of likely N-dealkylation sites (tertiary alicyclic amines) is 1. The first-order valence-corrected chi connectivity index (χ1v) is 7.34. The standard InChI is InChI=1S/C15H21N3O2/c1-11(2)17-8-4-6-13(17)12-5-3-7-14(16-12)18-9-10-20-15(18)19/h3,5,7,11,13H,4,6,8-10H2,1-2H3/t13-/m0/s1. The zero-order chi connectivity index (χ0) is 14.1. The van der Waals surface area contributed by atoms with Gasteiger partial charge in [0.2, 0.25) is 0 Å². The molecule has 0 unspecified atom stereocenters. The van der Waals surface area contributed by atoms with Gasteiger partial charge in [0, 0.05) is 6.04 Å². The van der Waals surface area contributed by atoms with E-state index in [-0.39, 0.29) is 6.09 Å². The van der Waals surface area contributed by atoms with Gasteiger partial charge in [0.1, 0.15) is 12.4 Å². The number of pyridine rings is 1. The normalized spacial score (nSPS) is 23.6. The van der Waals surface area contributed by atoms with E-state index in [9.17, 15) is 4.79 Å². The molecule has 0 N–H and O–H groups in total. The average Bonchev–Trinajstić information content (AvgIpc) is 3.07. The Balaban J connectivity index is 1.85. The molecule has 0 saturated carbocycles. The minimum atomic E-state index is -0.290. The van der Waals surface area contributed by atoms with Crippen molar-refractivity contribution in [3.63, 3.8) is 0 Å². The molecular weight excluding hydrogens is 254 g/mol. The number of aromatic nitrogens is 1. The first kappa shape index (κ1) is 13.4. The highest BCUT2D eigenvalue weighted by Gasteiger charge is 2.30. The van der Waals surface area contributed by atoms with Gasteiger partial charge in [0.15, 0.2) is 0 Å². The SMILES string of the molecule is CC(C)N1CCC[C@H]1c1cccc(N2CCOC2=O)n1. The Morgan fingerprint density at radius 3 is 2.90 bits per heavy atom. The fraction of sp³-hybridized carbons (Fsp3) is 0.600. The van der Waals surface area contributed by atoms with Gasteiger partial charge in [0.25, 0.3) is 0 Å². The van der Waals surface area contributed by atoms with E-state index in [1.54, 1.807) is 4.90 Å². The van der Waals surface area contributed by atoms with Gasteiger partial charge in [-0.15, -0.1) is 0 Å². The van der Waals surface area contributed by atoms with E-state index < -0.39 is 0 Å². The Labute approximate surface area is 119 Å². The molecule has 5 heteroatoms. The third-order valence-electron chi connectivity index (χ3n) is 4.09. The fourth-order valence-electron chi connectivity index (χ4n) is 3.10. The number of hydrogen-bond donors (Lipinski definition) is 0. The average molecular weight is 275 g/mol. The first-order valence-electron chi connectivity index (χ1n) is 7.34. The summed E-state index contributed by atoms with van der Waals surface area (Å²) in [6.45, 7) is 6.61. The second-order valence-corrected chi connectivity index (χ2v) is 5.68. The molecule has 0 aromatic carbocycles. The lowest BCUT2D eigenvalue weighted by Gasteiger charge is -2.28. The third kappa shape index (κ3) is 2.38. The number of carbonyl (C=O) groups excluding carboxylic acids is 1. The van der Waals surface area contributed by atoms with Crippen molar-refractivity contribution < 1.29 is 9.53 Å². The van der Waals surface area contributed by atoms with Gasteiger partial charge in [-0.3, -0.25) is 9.80 Å². The first-order chi connectivity index (χ1) is 9.66. The van der Waals surface area contributed by atoms with Crippen LogP contribution in [-0.4, -0.2) is 41.7 Å². The van der Waals surface area contributed by atoms with Crippen molar-refractivity contribution >= 4 is 11.9 Å². The van der Waals surface area contributed by atoms with Gasteiger partial charge < -0.3 is 4.74 Å². The van der Waals surface area contributed by atoms with Crippen molar-refractivity contribution in [3.05, 3.63) is 23.9 Å². The van der Waals surface area contributed by atoms with Crippen LogP contribution < -0.4 is 4.90 Å². The van der Waals surface area contributed by atoms with Crippen LogP contribution in [0.2, 0.25) is 0 Å². The molecule has 3 rings (SSSR count). The summed E-state index contributed by atoms with van der Waals surface area (Å²) in [5.41, 5.74) is 1.06. The van der Waals surface area contributed by atoms with Crippen LogP contribution in [0.5, 0.6) is 0 Å². The maximum atomic E-state index is 11.6. The monoisotopic (exact) mass is 275 g/mol. The maximum absolute atomic E-state index is 11.6. The molecule has 0 radical (unpaired) electrons. The highest BCUT2D eigenvalue weighted by atomic mass is 16.6. The largest absolute Gasteiger partial charge is 0.447 e. The number of amides is 1. The Kier molecular flexibility index (Phi) is 3.61. The number of rotatable bonds is 3. The molecule has 1 atom stereocenters. The molecule has 0 aliphatic carbocycles. The summed E-state index contributed by atoms with van der Waals surface area (Å²) >= 11 is 0. The summed E-state index contributed by atoms with van der Waals surface area (Å²) in [4.78, 5) is 20.4. The Bertz CT molecular complexity index is 504. The molecule has 20 heavy (non-hydrogen) atoms. The molecule has 3 heterocycles. The van der Waals surface area contributed by atoms with E-state index >= 15 is 0 Å². The van der Waals surface area contributed by atoms with Gasteiger partial charge in [0.05, 0.1) is 18.3 Å². The Morgan fingerprint density at radius 2 is 2.20 bits per heavy atom. The Morgan fingerprint density at radius 1 is 1.35 bits per heavy atom. The number of anilines is 1. The van der Waals surface area contributed by atoms with Crippen LogP contribution in [0.15, 0.2) is 18.2 Å². The molecule has 2 aliphatic rings. The van der Waals surface area contributed by atoms with Crippen LogP contribution in [0, 0.1) is 0 Å². The summed E-state index contributed by atoms with van der Waals surface area (Å²) < 4.78 is 4.98. The van der Waals surface area contributed by atoms with Crippen LogP contribution in [0.25, 0.3) is 0 Å². The molecule has 2 fully saturated rings. The van der Waals surface area contributed by atoms with E-state index in [1.165, 1.54) is 6.42 Å². The van der Waals surface area contributed by atoms with Crippen molar-refractivity contribution in [2.24, 2.45) is 0 Å². The molecule has 0 bridgehead atoms. The highest BCUT2D eigenvalue weighted by molar-refractivity contribution is 5.88. The van der Waals surface area contributed by atoms with Gasteiger partial charge in [-0.1, -0.05) is 6.07 Å².